The van der Waals surface area contributed by atoms with Crippen LogP contribution in [0.1, 0.15) is 70.0 Å². The molecule has 0 bridgehead atoms. The molecule has 0 amide bonds. The Labute approximate surface area is 128 Å². The number of carboxylic acid groups (broad SMARTS) is 1. The zero-order chi connectivity index (χ0) is 15.6. The van der Waals surface area contributed by atoms with E-state index in [1.807, 2.05) is 0 Å². The van der Waals surface area contributed by atoms with Crippen molar-refractivity contribution in [1.82, 2.24) is 4.90 Å². The second-order valence-electron chi connectivity index (χ2n) is 7.13. The minimum Gasteiger partial charge on any atom is -0.481 e. The van der Waals surface area contributed by atoms with E-state index in [9.17, 15) is 4.79 Å². The topological polar surface area (TPSA) is 40.5 Å². The second-order valence-corrected chi connectivity index (χ2v) is 7.13. The van der Waals surface area contributed by atoms with Crippen molar-refractivity contribution in [2.24, 2.45) is 0 Å². The van der Waals surface area contributed by atoms with Crippen LogP contribution in [0, 0.1) is 0 Å². The number of benzene rings is 1. The van der Waals surface area contributed by atoms with E-state index in [0.29, 0.717) is 18.5 Å². The molecule has 0 spiro atoms. The van der Waals surface area contributed by atoms with Gasteiger partial charge in [0.1, 0.15) is 0 Å². The highest BCUT2D eigenvalue weighted by atomic mass is 16.4. The summed E-state index contributed by atoms with van der Waals surface area (Å²) in [6.45, 7) is 9.42. The first-order valence-corrected chi connectivity index (χ1v) is 7.88. The van der Waals surface area contributed by atoms with Gasteiger partial charge in [0.2, 0.25) is 0 Å². The van der Waals surface area contributed by atoms with Crippen LogP contribution in [0.2, 0.25) is 0 Å². The van der Waals surface area contributed by atoms with Gasteiger partial charge in [-0.25, -0.2) is 0 Å². The molecule has 0 fully saturated rings. The van der Waals surface area contributed by atoms with Gasteiger partial charge < -0.3 is 5.11 Å². The predicted octanol–water partition coefficient (Wildman–Crippen LogP) is 4.20. The average molecular weight is 289 g/mol. The van der Waals surface area contributed by atoms with Crippen LogP contribution in [0.4, 0.5) is 0 Å². The van der Waals surface area contributed by atoms with Gasteiger partial charge in [-0.05, 0) is 50.7 Å². The lowest BCUT2D eigenvalue weighted by Gasteiger charge is -2.45. The molecule has 3 nitrogen and oxygen atoms in total. The molecule has 116 valence electrons. The summed E-state index contributed by atoms with van der Waals surface area (Å²) in [7, 11) is 0. The van der Waals surface area contributed by atoms with E-state index in [-0.39, 0.29) is 12.0 Å². The Morgan fingerprint density at radius 2 is 1.86 bits per heavy atom. The molecule has 21 heavy (non-hydrogen) atoms. The maximum atomic E-state index is 11.0. The van der Waals surface area contributed by atoms with Crippen LogP contribution in [0.3, 0.4) is 0 Å². The number of rotatable bonds is 4. The van der Waals surface area contributed by atoms with Crippen LogP contribution in [-0.2, 0) is 4.79 Å². The summed E-state index contributed by atoms with van der Waals surface area (Å²) in [5.41, 5.74) is 2.78. The van der Waals surface area contributed by atoms with Gasteiger partial charge in [-0.15, -0.1) is 0 Å². The minimum atomic E-state index is -0.721. The quantitative estimate of drug-likeness (QED) is 0.903. The molecule has 0 saturated heterocycles. The summed E-state index contributed by atoms with van der Waals surface area (Å²) < 4.78 is 0. The third kappa shape index (κ3) is 3.65. The molecule has 0 heterocycles. The Morgan fingerprint density at radius 3 is 2.43 bits per heavy atom. The SMILES string of the molecule is CC1CCC(N(CCC(=O)O)C(C)(C)C)c2ccccc21. The van der Waals surface area contributed by atoms with Gasteiger partial charge in [-0.3, -0.25) is 9.69 Å². The van der Waals surface area contributed by atoms with Crippen molar-refractivity contribution >= 4 is 5.97 Å². The van der Waals surface area contributed by atoms with Crippen molar-refractivity contribution in [2.75, 3.05) is 6.54 Å². The van der Waals surface area contributed by atoms with Crippen molar-refractivity contribution in [3.63, 3.8) is 0 Å². The predicted molar refractivity (Wildman–Crippen MR) is 85.5 cm³/mol. The van der Waals surface area contributed by atoms with E-state index in [1.165, 1.54) is 17.5 Å². The van der Waals surface area contributed by atoms with Gasteiger partial charge in [0.15, 0.2) is 0 Å². The van der Waals surface area contributed by atoms with Crippen molar-refractivity contribution in [3.8, 4) is 0 Å². The van der Waals surface area contributed by atoms with Crippen LogP contribution in [-0.4, -0.2) is 28.1 Å². The molecule has 0 aliphatic heterocycles. The van der Waals surface area contributed by atoms with Crippen LogP contribution < -0.4 is 0 Å². The van der Waals surface area contributed by atoms with Gasteiger partial charge in [0, 0.05) is 18.1 Å². The molecular formula is C18H27NO2. The van der Waals surface area contributed by atoms with Crippen molar-refractivity contribution in [3.05, 3.63) is 35.4 Å². The highest BCUT2D eigenvalue weighted by Crippen LogP contribution is 2.42. The molecule has 1 N–H and O–H groups in total. The lowest BCUT2D eigenvalue weighted by Crippen LogP contribution is -2.46. The largest absolute Gasteiger partial charge is 0.481 e. The smallest absolute Gasteiger partial charge is 0.304 e. The maximum Gasteiger partial charge on any atom is 0.304 e. The van der Waals surface area contributed by atoms with E-state index in [1.54, 1.807) is 0 Å². The Balaban J connectivity index is 2.32. The van der Waals surface area contributed by atoms with Crippen molar-refractivity contribution in [1.29, 1.82) is 0 Å². The molecule has 1 aromatic rings. The summed E-state index contributed by atoms with van der Waals surface area (Å²) in [5, 5.41) is 9.04. The normalized spacial score (nSPS) is 22.1. The lowest BCUT2D eigenvalue weighted by atomic mass is 9.79. The van der Waals surface area contributed by atoms with Gasteiger partial charge >= 0.3 is 5.97 Å². The fourth-order valence-electron chi connectivity index (χ4n) is 3.48. The zero-order valence-electron chi connectivity index (χ0n) is 13.6. The van der Waals surface area contributed by atoms with Crippen LogP contribution in [0.5, 0.6) is 0 Å². The van der Waals surface area contributed by atoms with Gasteiger partial charge in [0.25, 0.3) is 0 Å². The van der Waals surface area contributed by atoms with Crippen molar-refractivity contribution < 1.29 is 9.90 Å². The highest BCUT2D eigenvalue weighted by molar-refractivity contribution is 5.66. The first kappa shape index (κ1) is 16.0. The van der Waals surface area contributed by atoms with Gasteiger partial charge in [-0.1, -0.05) is 31.2 Å². The number of carbonyl (C=O) groups is 1. The van der Waals surface area contributed by atoms with E-state index in [4.69, 9.17) is 5.11 Å². The Bertz CT molecular complexity index is 504. The molecule has 0 radical (unpaired) electrons. The summed E-state index contributed by atoms with van der Waals surface area (Å²) in [6, 6.07) is 8.98. The number of aliphatic carboxylic acids is 1. The molecule has 1 aromatic carbocycles. The summed E-state index contributed by atoms with van der Waals surface area (Å²) in [6.07, 6.45) is 2.47. The van der Waals surface area contributed by atoms with Crippen LogP contribution in [0.15, 0.2) is 24.3 Å². The third-order valence-electron chi connectivity index (χ3n) is 4.56. The first-order chi connectivity index (χ1) is 9.80. The minimum absolute atomic E-state index is 0.0339. The molecule has 0 aromatic heterocycles. The van der Waals surface area contributed by atoms with E-state index in [2.05, 4.69) is 56.9 Å². The second kappa shape index (κ2) is 6.18. The maximum absolute atomic E-state index is 11.0. The number of carboxylic acids is 1. The summed E-state index contributed by atoms with van der Waals surface area (Å²) >= 11 is 0. The molecule has 2 unspecified atom stereocenters. The van der Waals surface area contributed by atoms with Gasteiger partial charge in [0.05, 0.1) is 6.42 Å². The van der Waals surface area contributed by atoms with Crippen LogP contribution >= 0.6 is 0 Å². The van der Waals surface area contributed by atoms with Crippen LogP contribution in [0.25, 0.3) is 0 Å². The lowest BCUT2D eigenvalue weighted by molar-refractivity contribution is -0.137. The zero-order valence-corrected chi connectivity index (χ0v) is 13.6. The van der Waals surface area contributed by atoms with E-state index >= 15 is 0 Å². The molecule has 2 rings (SSSR count). The molecular weight excluding hydrogens is 262 g/mol. The first-order valence-electron chi connectivity index (χ1n) is 7.88. The van der Waals surface area contributed by atoms with Crippen molar-refractivity contribution in [2.45, 2.75) is 64.5 Å². The molecule has 0 saturated carbocycles. The highest BCUT2D eigenvalue weighted by Gasteiger charge is 2.34. The molecule has 1 aliphatic rings. The fourth-order valence-corrected chi connectivity index (χ4v) is 3.48. The fraction of sp³-hybridized carbons (Fsp3) is 0.611. The number of fused-ring (bicyclic) bond motifs is 1. The summed E-state index contributed by atoms with van der Waals surface area (Å²) in [4.78, 5) is 13.4. The number of nitrogens with zero attached hydrogens (tertiary/aromatic N) is 1. The average Bonchev–Trinajstić information content (AvgIpc) is 2.40. The summed E-state index contributed by atoms with van der Waals surface area (Å²) in [5.74, 6) is -0.125. The Kier molecular flexibility index (Phi) is 4.72. The molecule has 2 atom stereocenters. The molecule has 3 heteroatoms. The number of hydrogen-bond acceptors (Lipinski definition) is 2. The Hall–Kier alpha value is -1.35. The third-order valence-corrected chi connectivity index (χ3v) is 4.56. The monoisotopic (exact) mass is 289 g/mol. The standard InChI is InChI=1S/C18H27NO2/c1-13-9-10-16(15-8-6-5-7-14(13)15)19(18(2,3)4)12-11-17(20)21/h5-8,13,16H,9-12H2,1-4H3,(H,20,21). The molecule has 1 aliphatic carbocycles. The van der Waals surface area contributed by atoms with Gasteiger partial charge in [-0.2, -0.15) is 0 Å². The number of hydrogen-bond donors (Lipinski definition) is 1. The Morgan fingerprint density at radius 1 is 1.24 bits per heavy atom. The van der Waals surface area contributed by atoms with E-state index < -0.39 is 5.97 Å². The van der Waals surface area contributed by atoms with E-state index in [0.717, 1.165) is 6.42 Å².